The first-order chi connectivity index (χ1) is 9.07. The number of piperazine rings is 1. The molecule has 2 rings (SSSR count). The molecule has 2 heterocycles. The van der Waals surface area contributed by atoms with E-state index in [1.807, 2.05) is 0 Å². The molecule has 0 spiro atoms. The molecule has 0 amide bonds. The van der Waals surface area contributed by atoms with Gasteiger partial charge in [-0.1, -0.05) is 20.8 Å². The van der Waals surface area contributed by atoms with Crippen molar-refractivity contribution < 1.29 is 4.74 Å². The van der Waals surface area contributed by atoms with Crippen LogP contribution in [0.2, 0.25) is 0 Å². The normalized spacial score (nSPS) is 35.7. The third kappa shape index (κ3) is 3.14. The summed E-state index contributed by atoms with van der Waals surface area (Å²) in [6.45, 7) is 13.7. The van der Waals surface area contributed by atoms with Crippen molar-refractivity contribution >= 4 is 0 Å². The van der Waals surface area contributed by atoms with E-state index in [4.69, 9.17) is 4.74 Å². The molecule has 0 radical (unpaired) electrons. The number of rotatable bonds is 5. The minimum absolute atomic E-state index is 0.291. The fourth-order valence-corrected chi connectivity index (χ4v) is 3.49. The van der Waals surface area contributed by atoms with Crippen molar-refractivity contribution in [1.29, 1.82) is 0 Å². The highest BCUT2D eigenvalue weighted by Gasteiger charge is 2.43. The fraction of sp³-hybridized carbons (Fsp3) is 1.00. The van der Waals surface area contributed by atoms with Crippen molar-refractivity contribution in [1.82, 2.24) is 10.2 Å². The first kappa shape index (κ1) is 15.3. The first-order valence-electron chi connectivity index (χ1n) is 8.19. The predicted octanol–water partition coefficient (Wildman–Crippen LogP) is 2.80. The van der Waals surface area contributed by atoms with Gasteiger partial charge in [-0.15, -0.1) is 0 Å². The number of hydrogen-bond donors (Lipinski definition) is 1. The molecule has 0 aromatic heterocycles. The summed E-state index contributed by atoms with van der Waals surface area (Å²) in [6.07, 6.45) is 6.59. The van der Waals surface area contributed by atoms with Gasteiger partial charge in [-0.25, -0.2) is 0 Å². The summed E-state index contributed by atoms with van der Waals surface area (Å²) < 4.78 is 5.87. The van der Waals surface area contributed by atoms with Crippen LogP contribution >= 0.6 is 0 Å². The number of nitrogens with one attached hydrogen (secondary N) is 1. The molecule has 0 aromatic rings. The second-order valence-corrected chi connectivity index (χ2v) is 6.71. The molecule has 2 aliphatic rings. The Hall–Kier alpha value is -0.120. The average molecular weight is 268 g/mol. The summed E-state index contributed by atoms with van der Waals surface area (Å²) in [4.78, 5) is 2.71. The molecule has 0 aromatic carbocycles. The third-order valence-corrected chi connectivity index (χ3v) is 5.66. The topological polar surface area (TPSA) is 24.5 Å². The van der Waals surface area contributed by atoms with Gasteiger partial charge in [0.25, 0.3) is 0 Å². The molecule has 112 valence electrons. The first-order valence-corrected chi connectivity index (χ1v) is 8.19. The van der Waals surface area contributed by atoms with Gasteiger partial charge < -0.3 is 10.1 Å². The lowest BCUT2D eigenvalue weighted by Crippen LogP contribution is -2.69. The molecule has 1 N–H and O–H groups in total. The summed E-state index contributed by atoms with van der Waals surface area (Å²) in [5.41, 5.74) is 0.604. The van der Waals surface area contributed by atoms with Gasteiger partial charge in [0.05, 0.1) is 6.10 Å². The molecule has 2 fully saturated rings. The molecule has 2 aliphatic heterocycles. The zero-order valence-corrected chi connectivity index (χ0v) is 13.3. The van der Waals surface area contributed by atoms with Crippen LogP contribution in [0.15, 0.2) is 0 Å². The van der Waals surface area contributed by atoms with Gasteiger partial charge in [-0.2, -0.15) is 0 Å². The van der Waals surface area contributed by atoms with Crippen LogP contribution in [0.5, 0.6) is 0 Å². The second kappa shape index (κ2) is 6.11. The maximum atomic E-state index is 5.87. The monoisotopic (exact) mass is 268 g/mol. The molecule has 0 saturated carbocycles. The van der Waals surface area contributed by atoms with Gasteiger partial charge in [0, 0.05) is 37.3 Å². The van der Waals surface area contributed by atoms with Gasteiger partial charge in [0.2, 0.25) is 0 Å². The highest BCUT2D eigenvalue weighted by molar-refractivity contribution is 5.02. The summed E-state index contributed by atoms with van der Waals surface area (Å²) in [5, 5.41) is 3.85. The smallest absolute Gasteiger partial charge is 0.0703 e. The van der Waals surface area contributed by atoms with Crippen molar-refractivity contribution in [3.63, 3.8) is 0 Å². The zero-order chi connectivity index (χ0) is 13.9. The summed E-state index contributed by atoms with van der Waals surface area (Å²) in [6, 6.07) is 0. The van der Waals surface area contributed by atoms with E-state index in [1.54, 1.807) is 0 Å². The van der Waals surface area contributed by atoms with E-state index < -0.39 is 0 Å². The zero-order valence-electron chi connectivity index (χ0n) is 13.3. The van der Waals surface area contributed by atoms with Crippen molar-refractivity contribution in [3.05, 3.63) is 0 Å². The largest absolute Gasteiger partial charge is 0.377 e. The number of hydrogen-bond acceptors (Lipinski definition) is 3. The van der Waals surface area contributed by atoms with E-state index in [9.17, 15) is 0 Å². The Morgan fingerprint density at radius 3 is 2.47 bits per heavy atom. The molecule has 0 aliphatic carbocycles. The Kier molecular flexibility index (Phi) is 4.91. The SMILES string of the molecule is CCC1(CC)CN(CC2CCCO2)C(C)(CC)CN1. The molecule has 2 saturated heterocycles. The van der Waals surface area contributed by atoms with Crippen LogP contribution in [0.25, 0.3) is 0 Å². The molecule has 19 heavy (non-hydrogen) atoms. The Morgan fingerprint density at radius 1 is 1.21 bits per heavy atom. The minimum atomic E-state index is 0.291. The Labute approximate surface area is 119 Å². The van der Waals surface area contributed by atoms with Crippen LogP contribution in [0.3, 0.4) is 0 Å². The summed E-state index contributed by atoms with van der Waals surface area (Å²) in [7, 11) is 0. The van der Waals surface area contributed by atoms with Crippen molar-refractivity contribution in [3.8, 4) is 0 Å². The lowest BCUT2D eigenvalue weighted by Gasteiger charge is -2.53. The highest BCUT2D eigenvalue weighted by atomic mass is 16.5. The van der Waals surface area contributed by atoms with Crippen molar-refractivity contribution in [2.45, 2.75) is 77.0 Å². The van der Waals surface area contributed by atoms with E-state index in [0.29, 0.717) is 17.2 Å². The van der Waals surface area contributed by atoms with Gasteiger partial charge >= 0.3 is 0 Å². The maximum Gasteiger partial charge on any atom is 0.0703 e. The second-order valence-electron chi connectivity index (χ2n) is 6.71. The lowest BCUT2D eigenvalue weighted by molar-refractivity contribution is -0.0262. The van der Waals surface area contributed by atoms with E-state index in [2.05, 4.69) is 37.9 Å². The Morgan fingerprint density at radius 2 is 1.95 bits per heavy atom. The van der Waals surface area contributed by atoms with Gasteiger partial charge in [-0.05, 0) is 39.0 Å². The fourth-order valence-electron chi connectivity index (χ4n) is 3.49. The molecule has 2 atom stereocenters. The molecule has 3 nitrogen and oxygen atoms in total. The van der Waals surface area contributed by atoms with Gasteiger partial charge in [0.15, 0.2) is 0 Å². The average Bonchev–Trinajstić information content (AvgIpc) is 2.95. The van der Waals surface area contributed by atoms with E-state index in [1.165, 1.54) is 38.6 Å². The molecular formula is C16H32N2O. The third-order valence-electron chi connectivity index (χ3n) is 5.66. The van der Waals surface area contributed by atoms with Crippen molar-refractivity contribution in [2.75, 3.05) is 26.2 Å². The van der Waals surface area contributed by atoms with E-state index in [0.717, 1.165) is 19.7 Å². The van der Waals surface area contributed by atoms with Crippen LogP contribution < -0.4 is 5.32 Å². The van der Waals surface area contributed by atoms with Crippen LogP contribution in [-0.2, 0) is 4.74 Å². The van der Waals surface area contributed by atoms with Crippen LogP contribution in [-0.4, -0.2) is 48.3 Å². The van der Waals surface area contributed by atoms with Crippen molar-refractivity contribution in [2.24, 2.45) is 0 Å². The van der Waals surface area contributed by atoms with Crippen LogP contribution in [0, 0.1) is 0 Å². The van der Waals surface area contributed by atoms with Gasteiger partial charge in [0.1, 0.15) is 0 Å². The molecule has 2 unspecified atom stereocenters. The Balaban J connectivity index is 2.08. The summed E-state index contributed by atoms with van der Waals surface area (Å²) in [5.74, 6) is 0. The molecule has 0 bridgehead atoms. The molecule has 3 heteroatoms. The minimum Gasteiger partial charge on any atom is -0.377 e. The quantitative estimate of drug-likeness (QED) is 0.830. The van der Waals surface area contributed by atoms with E-state index in [-0.39, 0.29) is 0 Å². The number of nitrogens with zero attached hydrogens (tertiary/aromatic N) is 1. The highest BCUT2D eigenvalue weighted by Crippen LogP contribution is 2.31. The lowest BCUT2D eigenvalue weighted by atomic mass is 9.82. The van der Waals surface area contributed by atoms with E-state index >= 15 is 0 Å². The summed E-state index contributed by atoms with van der Waals surface area (Å²) >= 11 is 0. The number of ether oxygens (including phenoxy) is 1. The Bertz CT molecular complexity index is 284. The van der Waals surface area contributed by atoms with Gasteiger partial charge in [-0.3, -0.25) is 4.90 Å². The maximum absolute atomic E-state index is 5.87. The van der Waals surface area contributed by atoms with Crippen LogP contribution in [0.4, 0.5) is 0 Å². The molecular weight excluding hydrogens is 236 g/mol. The standard InChI is InChI=1S/C16H32N2O/c1-5-15(4)12-17-16(6-2,7-3)13-18(15)11-14-9-8-10-19-14/h14,17H,5-13H2,1-4H3. The van der Waals surface area contributed by atoms with Crippen LogP contribution in [0.1, 0.15) is 59.8 Å². The predicted molar refractivity (Wildman–Crippen MR) is 80.6 cm³/mol.